The molecule has 1 saturated heterocycles. The average Bonchev–Trinajstić information content (AvgIpc) is 3.13. The normalized spacial score (nSPS) is 25.5. The Kier molecular flexibility index (Phi) is 14.8. The monoisotopic (exact) mass is 437 g/mol. The summed E-state index contributed by atoms with van der Waals surface area (Å²) in [5, 5.41) is 2.39. The lowest BCUT2D eigenvalue weighted by atomic mass is 9.68. The zero-order valence-electron chi connectivity index (χ0n) is 20.9. The maximum Gasteiger partial charge on any atom is 0.307 e. The molecule has 0 bridgehead atoms. The first-order chi connectivity index (χ1) is 14.9. The summed E-state index contributed by atoms with van der Waals surface area (Å²) in [5.41, 5.74) is 2.77. The van der Waals surface area contributed by atoms with E-state index < -0.39 is 0 Å². The van der Waals surface area contributed by atoms with Gasteiger partial charge in [-0.15, -0.1) is 0 Å². The van der Waals surface area contributed by atoms with Crippen LogP contribution in [0, 0.1) is 11.8 Å². The summed E-state index contributed by atoms with van der Waals surface area (Å²) in [5.74, 6) is 1.39. The fourth-order valence-corrected chi connectivity index (χ4v) is 4.08. The molecule has 0 aromatic rings. The molecule has 3 aliphatic rings. The third kappa shape index (κ3) is 8.62. The largest absolute Gasteiger partial charge is 0.429 e. The van der Waals surface area contributed by atoms with Gasteiger partial charge in [-0.05, 0) is 49.3 Å². The molecule has 1 aliphatic heterocycles. The number of hydrogen-bond donors (Lipinski definition) is 1. The van der Waals surface area contributed by atoms with Crippen LogP contribution in [-0.2, 0) is 23.8 Å². The Labute approximate surface area is 189 Å². The Morgan fingerprint density at radius 3 is 2.35 bits per heavy atom. The summed E-state index contributed by atoms with van der Waals surface area (Å²) < 4.78 is 16.6. The molecular formula is C25H43NO5. The van der Waals surface area contributed by atoms with Gasteiger partial charge in [0.05, 0.1) is 12.7 Å². The molecule has 0 spiro atoms. The van der Waals surface area contributed by atoms with Crippen molar-refractivity contribution in [2.75, 3.05) is 20.8 Å². The minimum atomic E-state index is -0.269. The Hall–Kier alpha value is -1.92. The summed E-state index contributed by atoms with van der Waals surface area (Å²) in [7, 11) is 3.30. The molecule has 178 valence electrons. The van der Waals surface area contributed by atoms with Crippen LogP contribution in [0.25, 0.3) is 0 Å². The molecule has 6 heteroatoms. The van der Waals surface area contributed by atoms with Gasteiger partial charge in [-0.2, -0.15) is 0 Å². The summed E-state index contributed by atoms with van der Waals surface area (Å²) in [6, 6.07) is 0. The highest BCUT2D eigenvalue weighted by Gasteiger charge is 2.49. The maximum atomic E-state index is 11.3. The number of methoxy groups -OCH3 is 1. The summed E-state index contributed by atoms with van der Waals surface area (Å²) in [6.45, 7) is 13.6. The third-order valence-electron chi connectivity index (χ3n) is 5.23. The van der Waals surface area contributed by atoms with E-state index in [0.29, 0.717) is 24.2 Å². The molecule has 0 radical (unpaired) electrons. The molecule has 1 N–H and O–H groups in total. The van der Waals surface area contributed by atoms with E-state index in [1.807, 2.05) is 27.7 Å². The fourth-order valence-electron chi connectivity index (χ4n) is 4.08. The van der Waals surface area contributed by atoms with Gasteiger partial charge in [0.2, 0.25) is 5.91 Å². The van der Waals surface area contributed by atoms with Crippen molar-refractivity contribution in [3.63, 3.8) is 0 Å². The predicted molar refractivity (Wildman–Crippen MR) is 125 cm³/mol. The molecular weight excluding hydrogens is 394 g/mol. The van der Waals surface area contributed by atoms with Crippen molar-refractivity contribution in [3.8, 4) is 0 Å². The SMILES string of the molecule is CC.CC.CNC(C)=O.COC/C=C\C1=C2C(C)O[C@@H]3C(OC(C)=O)=CCC(CC1)C23. The summed E-state index contributed by atoms with van der Waals surface area (Å²) >= 11 is 0. The van der Waals surface area contributed by atoms with Crippen LogP contribution in [0.2, 0.25) is 0 Å². The van der Waals surface area contributed by atoms with Gasteiger partial charge >= 0.3 is 5.97 Å². The third-order valence-corrected chi connectivity index (χ3v) is 5.23. The number of carbonyl (C=O) groups is 2. The van der Waals surface area contributed by atoms with Crippen molar-refractivity contribution in [2.45, 2.75) is 79.9 Å². The van der Waals surface area contributed by atoms with Crippen molar-refractivity contribution in [2.24, 2.45) is 11.8 Å². The molecule has 4 atom stereocenters. The number of rotatable bonds is 4. The highest BCUT2D eigenvalue weighted by Crippen LogP contribution is 2.51. The zero-order valence-corrected chi connectivity index (χ0v) is 20.9. The number of allylic oxidation sites excluding steroid dienone is 3. The van der Waals surface area contributed by atoms with Crippen LogP contribution in [0.3, 0.4) is 0 Å². The summed E-state index contributed by atoms with van der Waals surface area (Å²) in [4.78, 5) is 21.0. The molecule has 1 fully saturated rings. The number of ether oxygens (including phenoxy) is 3. The Bertz CT molecular complexity index is 650. The molecule has 6 nitrogen and oxygen atoms in total. The fraction of sp³-hybridized carbons (Fsp3) is 0.680. The van der Waals surface area contributed by atoms with Crippen LogP contribution < -0.4 is 5.32 Å². The zero-order chi connectivity index (χ0) is 24.0. The lowest BCUT2D eigenvalue weighted by molar-refractivity contribution is -0.139. The van der Waals surface area contributed by atoms with E-state index in [4.69, 9.17) is 14.2 Å². The van der Waals surface area contributed by atoms with Gasteiger partial charge in [-0.3, -0.25) is 9.59 Å². The second-order valence-electron chi connectivity index (χ2n) is 7.10. The second-order valence-corrected chi connectivity index (χ2v) is 7.10. The molecule has 1 amide bonds. The summed E-state index contributed by atoms with van der Waals surface area (Å²) in [6.07, 6.45) is 9.50. The Balaban J connectivity index is 0.000000867. The molecule has 0 saturated carbocycles. The van der Waals surface area contributed by atoms with Gasteiger partial charge in [0.15, 0.2) is 0 Å². The van der Waals surface area contributed by atoms with Gasteiger partial charge in [0.1, 0.15) is 11.9 Å². The van der Waals surface area contributed by atoms with Gasteiger partial charge in [0, 0.05) is 33.9 Å². The number of nitrogens with one attached hydrogen (secondary N) is 1. The van der Waals surface area contributed by atoms with Gasteiger partial charge in [-0.1, -0.05) is 39.8 Å². The van der Waals surface area contributed by atoms with E-state index in [0.717, 1.165) is 19.3 Å². The molecule has 31 heavy (non-hydrogen) atoms. The van der Waals surface area contributed by atoms with Crippen LogP contribution >= 0.6 is 0 Å². The van der Waals surface area contributed by atoms with Gasteiger partial charge < -0.3 is 19.5 Å². The lowest BCUT2D eigenvalue weighted by Gasteiger charge is -2.36. The number of carbonyl (C=O) groups excluding carboxylic acids is 2. The molecule has 3 rings (SSSR count). The number of hydrogen-bond acceptors (Lipinski definition) is 5. The van der Waals surface area contributed by atoms with E-state index in [2.05, 4.69) is 30.5 Å². The average molecular weight is 438 g/mol. The maximum absolute atomic E-state index is 11.3. The van der Waals surface area contributed by atoms with E-state index in [9.17, 15) is 9.59 Å². The molecule has 0 aromatic heterocycles. The van der Waals surface area contributed by atoms with Crippen LogP contribution in [0.1, 0.15) is 67.7 Å². The van der Waals surface area contributed by atoms with Crippen molar-refractivity contribution in [3.05, 3.63) is 35.1 Å². The standard InChI is InChI=1S/C18H24O4.C3H7NO.2C2H6/c1-11-16-13(5-4-10-20-3)6-7-14-8-9-15(22-12(2)19)18(21-11)17(14)16;1-3(5)4-2;2*1-2/h4-5,9,11,14,17-18H,6-8,10H2,1-3H3;1-2H3,(H,4,5);2*1-2H3/b5-4-;;;/t11?,14?,17?,18-;;;/m1.../s1. The first-order valence-electron chi connectivity index (χ1n) is 11.5. The minimum Gasteiger partial charge on any atom is -0.429 e. The number of amides is 1. The van der Waals surface area contributed by atoms with Crippen LogP contribution in [-0.4, -0.2) is 44.8 Å². The van der Waals surface area contributed by atoms with Crippen molar-refractivity contribution in [1.29, 1.82) is 0 Å². The predicted octanol–water partition coefficient (Wildman–Crippen LogP) is 4.95. The van der Waals surface area contributed by atoms with Gasteiger partial charge in [-0.25, -0.2) is 0 Å². The quantitative estimate of drug-likeness (QED) is 0.630. The van der Waals surface area contributed by atoms with E-state index in [1.165, 1.54) is 25.0 Å². The minimum absolute atomic E-state index is 0.00463. The van der Waals surface area contributed by atoms with Crippen molar-refractivity contribution >= 4 is 11.9 Å². The molecule has 1 heterocycles. The first-order valence-corrected chi connectivity index (χ1v) is 11.5. The van der Waals surface area contributed by atoms with Gasteiger partial charge in [0.25, 0.3) is 0 Å². The molecule has 3 unspecified atom stereocenters. The first kappa shape index (κ1) is 29.1. The van der Waals surface area contributed by atoms with Crippen molar-refractivity contribution < 1.29 is 23.8 Å². The van der Waals surface area contributed by atoms with E-state index in [-0.39, 0.29) is 24.1 Å². The van der Waals surface area contributed by atoms with Crippen LogP contribution in [0.15, 0.2) is 35.1 Å². The van der Waals surface area contributed by atoms with E-state index >= 15 is 0 Å². The highest BCUT2D eigenvalue weighted by atomic mass is 16.6. The van der Waals surface area contributed by atoms with E-state index in [1.54, 1.807) is 14.2 Å². The van der Waals surface area contributed by atoms with Crippen LogP contribution in [0.4, 0.5) is 0 Å². The Morgan fingerprint density at radius 1 is 1.23 bits per heavy atom. The smallest absolute Gasteiger partial charge is 0.307 e. The molecule has 0 aromatic carbocycles. The highest BCUT2D eigenvalue weighted by molar-refractivity contribution is 5.72. The Morgan fingerprint density at radius 2 is 1.84 bits per heavy atom. The van der Waals surface area contributed by atoms with Crippen molar-refractivity contribution in [1.82, 2.24) is 5.32 Å². The lowest BCUT2D eigenvalue weighted by Crippen LogP contribution is -2.34. The number of esters is 1. The topological polar surface area (TPSA) is 73.9 Å². The molecule has 2 aliphatic carbocycles. The van der Waals surface area contributed by atoms with Crippen LogP contribution in [0.5, 0.6) is 0 Å². The second kappa shape index (κ2) is 15.8.